The second kappa shape index (κ2) is 25.1. The van der Waals surface area contributed by atoms with Crippen molar-refractivity contribution in [1.29, 1.82) is 0 Å². The molecule has 0 radical (unpaired) electrons. The molecule has 0 spiro atoms. The van der Waals surface area contributed by atoms with Gasteiger partial charge < -0.3 is 9.47 Å². The zero-order valence-electron chi connectivity index (χ0n) is 23.1. The molecule has 0 heterocycles. The SMILES string of the molecule is CCCCCCCCCCCCCCCOCCOc1ccc(CCCCCCCCC)cc1. The molecule has 0 saturated heterocycles. The summed E-state index contributed by atoms with van der Waals surface area (Å²) in [6.07, 6.45) is 28.9. The Morgan fingerprint density at radius 2 is 0.882 bits per heavy atom. The van der Waals surface area contributed by atoms with Gasteiger partial charge in [-0.2, -0.15) is 0 Å². The molecule has 0 aromatic heterocycles. The van der Waals surface area contributed by atoms with E-state index in [1.165, 1.54) is 140 Å². The van der Waals surface area contributed by atoms with E-state index in [4.69, 9.17) is 9.47 Å². The highest BCUT2D eigenvalue weighted by molar-refractivity contribution is 5.27. The van der Waals surface area contributed by atoms with Crippen LogP contribution in [-0.4, -0.2) is 19.8 Å². The fourth-order valence-electron chi connectivity index (χ4n) is 4.58. The molecule has 34 heavy (non-hydrogen) atoms. The molecule has 2 nitrogen and oxygen atoms in total. The van der Waals surface area contributed by atoms with E-state index in [1.54, 1.807) is 0 Å². The minimum Gasteiger partial charge on any atom is -0.491 e. The number of hydrogen-bond acceptors (Lipinski definition) is 2. The first-order valence-corrected chi connectivity index (χ1v) is 15.2. The third-order valence-corrected chi connectivity index (χ3v) is 6.88. The first-order chi connectivity index (χ1) is 16.9. The van der Waals surface area contributed by atoms with Crippen LogP contribution in [0.25, 0.3) is 0 Å². The number of unbranched alkanes of at least 4 members (excludes halogenated alkanes) is 18. The van der Waals surface area contributed by atoms with Crippen LogP contribution in [0, 0.1) is 0 Å². The molecular formula is C32H58O2. The molecule has 2 heteroatoms. The van der Waals surface area contributed by atoms with Crippen molar-refractivity contribution in [3.63, 3.8) is 0 Å². The third kappa shape index (κ3) is 20.4. The zero-order valence-corrected chi connectivity index (χ0v) is 23.1. The summed E-state index contributed by atoms with van der Waals surface area (Å²) < 4.78 is 11.6. The molecule has 1 rings (SSSR count). The first-order valence-electron chi connectivity index (χ1n) is 15.2. The van der Waals surface area contributed by atoms with E-state index in [9.17, 15) is 0 Å². The van der Waals surface area contributed by atoms with E-state index < -0.39 is 0 Å². The Morgan fingerprint density at radius 3 is 1.38 bits per heavy atom. The molecule has 1 aromatic carbocycles. The molecule has 0 N–H and O–H groups in total. The number of benzene rings is 1. The fraction of sp³-hybridized carbons (Fsp3) is 0.812. The van der Waals surface area contributed by atoms with Gasteiger partial charge in [-0.15, -0.1) is 0 Å². The molecule has 198 valence electrons. The Labute approximate surface area is 213 Å². The summed E-state index contributed by atoms with van der Waals surface area (Å²) in [6, 6.07) is 8.67. The van der Waals surface area contributed by atoms with Crippen molar-refractivity contribution in [2.75, 3.05) is 19.8 Å². The van der Waals surface area contributed by atoms with E-state index in [-0.39, 0.29) is 0 Å². The smallest absolute Gasteiger partial charge is 0.119 e. The predicted octanol–water partition coefficient (Wildman–Crippen LogP) is 10.5. The summed E-state index contributed by atoms with van der Waals surface area (Å²) in [4.78, 5) is 0. The lowest BCUT2D eigenvalue weighted by molar-refractivity contribution is 0.0970. The van der Waals surface area contributed by atoms with Crippen LogP contribution < -0.4 is 4.74 Å². The normalized spacial score (nSPS) is 11.2. The largest absolute Gasteiger partial charge is 0.491 e. The van der Waals surface area contributed by atoms with Gasteiger partial charge in [0, 0.05) is 6.61 Å². The van der Waals surface area contributed by atoms with Crippen molar-refractivity contribution < 1.29 is 9.47 Å². The number of rotatable bonds is 26. The highest BCUT2D eigenvalue weighted by Crippen LogP contribution is 2.16. The second-order valence-electron chi connectivity index (χ2n) is 10.2. The lowest BCUT2D eigenvalue weighted by atomic mass is 10.0. The van der Waals surface area contributed by atoms with E-state index in [0.717, 1.165) is 12.4 Å². The van der Waals surface area contributed by atoms with Gasteiger partial charge in [-0.3, -0.25) is 0 Å². The van der Waals surface area contributed by atoms with Gasteiger partial charge in [0.1, 0.15) is 12.4 Å². The van der Waals surface area contributed by atoms with Gasteiger partial charge in [-0.05, 0) is 37.0 Å². The zero-order chi connectivity index (χ0) is 24.4. The van der Waals surface area contributed by atoms with Crippen molar-refractivity contribution in [1.82, 2.24) is 0 Å². The van der Waals surface area contributed by atoms with Crippen molar-refractivity contribution in [2.45, 2.75) is 149 Å². The number of ether oxygens (including phenoxy) is 2. The summed E-state index contributed by atoms with van der Waals surface area (Å²) in [5.74, 6) is 0.966. The summed E-state index contributed by atoms with van der Waals surface area (Å²) in [5, 5.41) is 0. The number of hydrogen-bond donors (Lipinski definition) is 0. The summed E-state index contributed by atoms with van der Waals surface area (Å²) in [5.41, 5.74) is 1.43. The Bertz CT molecular complexity index is 510. The Hall–Kier alpha value is -1.02. The molecule has 0 amide bonds. The highest BCUT2D eigenvalue weighted by atomic mass is 16.5. The number of aryl methyl sites for hydroxylation is 1. The standard InChI is InChI=1S/C32H58O2/c1-3-5-7-9-11-12-13-14-15-16-18-20-22-28-33-29-30-34-32-26-24-31(25-27-32)23-21-19-17-10-8-6-4-2/h24-27H,3-23,28-30H2,1-2H3. The molecule has 0 atom stereocenters. The van der Waals surface area contributed by atoms with Crippen LogP contribution in [0.4, 0.5) is 0 Å². The highest BCUT2D eigenvalue weighted by Gasteiger charge is 1.98. The maximum Gasteiger partial charge on any atom is 0.119 e. The predicted molar refractivity (Wildman–Crippen MR) is 150 cm³/mol. The molecule has 0 unspecified atom stereocenters. The van der Waals surface area contributed by atoms with Crippen molar-refractivity contribution in [3.05, 3.63) is 29.8 Å². The average molecular weight is 475 g/mol. The van der Waals surface area contributed by atoms with E-state index in [0.29, 0.717) is 13.2 Å². The van der Waals surface area contributed by atoms with Crippen LogP contribution in [0.3, 0.4) is 0 Å². The third-order valence-electron chi connectivity index (χ3n) is 6.88. The van der Waals surface area contributed by atoms with Crippen LogP contribution >= 0.6 is 0 Å². The van der Waals surface area contributed by atoms with Crippen molar-refractivity contribution in [2.24, 2.45) is 0 Å². The van der Waals surface area contributed by atoms with E-state index >= 15 is 0 Å². The summed E-state index contributed by atoms with van der Waals surface area (Å²) >= 11 is 0. The van der Waals surface area contributed by atoms with Gasteiger partial charge in [-0.25, -0.2) is 0 Å². The summed E-state index contributed by atoms with van der Waals surface area (Å²) in [6.45, 7) is 6.78. The summed E-state index contributed by atoms with van der Waals surface area (Å²) in [7, 11) is 0. The van der Waals surface area contributed by atoms with Crippen LogP contribution in [0.5, 0.6) is 5.75 Å². The molecule has 0 aliphatic heterocycles. The maximum atomic E-state index is 5.84. The van der Waals surface area contributed by atoms with Gasteiger partial charge in [0.15, 0.2) is 0 Å². The Morgan fingerprint density at radius 1 is 0.441 bits per heavy atom. The van der Waals surface area contributed by atoms with Gasteiger partial charge >= 0.3 is 0 Å². The minimum absolute atomic E-state index is 0.648. The van der Waals surface area contributed by atoms with Crippen LogP contribution in [0.2, 0.25) is 0 Å². The second-order valence-corrected chi connectivity index (χ2v) is 10.2. The van der Waals surface area contributed by atoms with Crippen molar-refractivity contribution >= 4 is 0 Å². The first kappa shape index (κ1) is 31.0. The van der Waals surface area contributed by atoms with Gasteiger partial charge in [-0.1, -0.05) is 142 Å². The van der Waals surface area contributed by atoms with Gasteiger partial charge in [0.2, 0.25) is 0 Å². The molecule has 0 fully saturated rings. The topological polar surface area (TPSA) is 18.5 Å². The Kier molecular flexibility index (Phi) is 22.9. The molecular weight excluding hydrogens is 416 g/mol. The molecule has 0 bridgehead atoms. The van der Waals surface area contributed by atoms with Crippen LogP contribution in [0.15, 0.2) is 24.3 Å². The maximum absolute atomic E-state index is 5.84. The minimum atomic E-state index is 0.648. The quantitative estimate of drug-likeness (QED) is 0.124. The molecule has 0 saturated carbocycles. The monoisotopic (exact) mass is 474 g/mol. The molecule has 1 aromatic rings. The van der Waals surface area contributed by atoms with E-state index in [1.807, 2.05) is 0 Å². The van der Waals surface area contributed by atoms with Crippen LogP contribution in [-0.2, 0) is 11.2 Å². The lowest BCUT2D eigenvalue weighted by Crippen LogP contribution is -2.07. The van der Waals surface area contributed by atoms with Crippen molar-refractivity contribution in [3.8, 4) is 5.75 Å². The lowest BCUT2D eigenvalue weighted by Gasteiger charge is -2.08. The Balaban J connectivity index is 1.83. The van der Waals surface area contributed by atoms with E-state index in [2.05, 4.69) is 38.1 Å². The fourth-order valence-corrected chi connectivity index (χ4v) is 4.58. The van der Waals surface area contributed by atoms with Crippen LogP contribution in [0.1, 0.15) is 148 Å². The molecule has 0 aliphatic rings. The molecule has 0 aliphatic carbocycles. The van der Waals surface area contributed by atoms with Gasteiger partial charge in [0.05, 0.1) is 6.61 Å². The average Bonchev–Trinajstić information content (AvgIpc) is 2.86. The van der Waals surface area contributed by atoms with Gasteiger partial charge in [0.25, 0.3) is 0 Å².